The first kappa shape index (κ1) is 19.0. The zero-order valence-corrected chi connectivity index (χ0v) is 16.1. The molecule has 0 fully saturated rings. The second kappa shape index (κ2) is 8.26. The van der Waals surface area contributed by atoms with Gasteiger partial charge in [-0.05, 0) is 90.2 Å². The van der Waals surface area contributed by atoms with Crippen LogP contribution in [-0.2, 0) is 22.4 Å². The maximum Gasteiger partial charge on any atom is 0.152 e. The van der Waals surface area contributed by atoms with Gasteiger partial charge in [0.05, 0.1) is 17.3 Å². The van der Waals surface area contributed by atoms with Gasteiger partial charge in [-0.1, -0.05) is 0 Å². The molecule has 1 unspecified atom stereocenters. The molecule has 0 N–H and O–H groups in total. The molecule has 0 aliphatic heterocycles. The van der Waals surface area contributed by atoms with Crippen molar-refractivity contribution in [3.63, 3.8) is 0 Å². The van der Waals surface area contributed by atoms with Gasteiger partial charge < -0.3 is 13.9 Å². The molecule has 1 heterocycles. The minimum Gasteiger partial charge on any atom is -0.612 e. The maximum absolute atomic E-state index is 11.7. The summed E-state index contributed by atoms with van der Waals surface area (Å²) in [7, 11) is 0. The van der Waals surface area contributed by atoms with E-state index in [2.05, 4.69) is 10.6 Å². The Morgan fingerprint density at radius 2 is 1.89 bits per heavy atom. The Kier molecular flexibility index (Phi) is 5.80. The van der Waals surface area contributed by atoms with Gasteiger partial charge in [0.2, 0.25) is 0 Å². The summed E-state index contributed by atoms with van der Waals surface area (Å²) >= 11 is -1.02. The van der Waals surface area contributed by atoms with Crippen LogP contribution in [0.3, 0.4) is 0 Å². The lowest BCUT2D eigenvalue weighted by molar-refractivity contribution is -0.107. The molecule has 0 spiro atoms. The van der Waals surface area contributed by atoms with E-state index in [1.54, 1.807) is 12.3 Å². The molecule has 3 rings (SSSR count). The van der Waals surface area contributed by atoms with Crippen LogP contribution in [0, 0.1) is 18.3 Å². The smallest absolute Gasteiger partial charge is 0.152 e. The van der Waals surface area contributed by atoms with E-state index in [1.807, 2.05) is 55.5 Å². The molecule has 4 nitrogen and oxygen atoms in total. The summed E-state index contributed by atoms with van der Waals surface area (Å²) in [6, 6.07) is 19.5. The van der Waals surface area contributed by atoms with Crippen molar-refractivity contribution < 1.29 is 9.35 Å². The van der Waals surface area contributed by atoms with Crippen LogP contribution in [0.2, 0.25) is 0 Å². The minimum absolute atomic E-state index is 0.451. The molecule has 2 aromatic carbocycles. The van der Waals surface area contributed by atoms with E-state index >= 15 is 0 Å². The van der Waals surface area contributed by atoms with E-state index < -0.39 is 11.2 Å². The fourth-order valence-corrected chi connectivity index (χ4v) is 3.70. The van der Waals surface area contributed by atoms with Crippen LogP contribution in [-0.4, -0.2) is 21.7 Å². The van der Waals surface area contributed by atoms with Crippen LogP contribution in [0.1, 0.15) is 23.2 Å². The number of aldehydes is 1. The Morgan fingerprint density at radius 1 is 1.15 bits per heavy atom. The van der Waals surface area contributed by atoms with E-state index in [0.29, 0.717) is 18.4 Å². The Hall–Kier alpha value is -2.81. The quantitative estimate of drug-likeness (QED) is 0.478. The molecule has 0 aliphatic rings. The number of carbonyl (C=O) groups is 1. The third-order valence-corrected chi connectivity index (χ3v) is 5.46. The van der Waals surface area contributed by atoms with Crippen LogP contribution < -0.4 is 0 Å². The van der Waals surface area contributed by atoms with Gasteiger partial charge in [-0.3, -0.25) is 0 Å². The fourth-order valence-electron chi connectivity index (χ4n) is 3.18. The fraction of sp³-hybridized carbons (Fsp3) is 0.182. The summed E-state index contributed by atoms with van der Waals surface area (Å²) in [5, 5.41) is 9.14. The molecule has 0 radical (unpaired) electrons. The van der Waals surface area contributed by atoms with Crippen molar-refractivity contribution in [3.05, 3.63) is 71.4 Å². The molecule has 0 aliphatic carbocycles. The van der Waals surface area contributed by atoms with Gasteiger partial charge in [0.25, 0.3) is 0 Å². The van der Waals surface area contributed by atoms with Crippen molar-refractivity contribution in [2.75, 3.05) is 6.26 Å². The van der Waals surface area contributed by atoms with Crippen molar-refractivity contribution in [2.45, 2.75) is 24.7 Å². The SMILES string of the molecule is Cc1cc(C#N)ccc1-n1c(CCC=O)ccc1-c1ccc([S+](C)[O-])cc1. The van der Waals surface area contributed by atoms with Gasteiger partial charge in [-0.25, -0.2) is 0 Å². The van der Waals surface area contributed by atoms with E-state index in [4.69, 9.17) is 5.26 Å². The van der Waals surface area contributed by atoms with Crippen molar-refractivity contribution in [3.8, 4) is 23.0 Å². The average molecular weight is 376 g/mol. The summed E-state index contributed by atoms with van der Waals surface area (Å²) in [6.07, 6.45) is 3.68. The highest BCUT2D eigenvalue weighted by Gasteiger charge is 2.15. The number of aryl methyl sites for hydroxylation is 2. The van der Waals surface area contributed by atoms with Gasteiger partial charge in [0, 0.05) is 17.8 Å². The summed E-state index contributed by atoms with van der Waals surface area (Å²) in [4.78, 5) is 11.7. The minimum atomic E-state index is -1.02. The van der Waals surface area contributed by atoms with Gasteiger partial charge >= 0.3 is 0 Å². The van der Waals surface area contributed by atoms with E-state index in [0.717, 1.165) is 39.4 Å². The van der Waals surface area contributed by atoms with E-state index in [9.17, 15) is 9.35 Å². The predicted octanol–water partition coefficient (Wildman–Crippen LogP) is 4.19. The standard InChI is InChI=1S/C22H20N2O2S/c1-16-14-17(15-23)5-11-21(16)24-19(4-3-13-25)8-12-22(24)18-6-9-20(10-7-18)27(2)26/h5-14H,3-4H2,1-2H3. The highest BCUT2D eigenvalue weighted by Crippen LogP contribution is 2.30. The molecule has 5 heteroatoms. The number of nitrogens with zero attached hydrogens (tertiary/aromatic N) is 2. The van der Waals surface area contributed by atoms with Crippen LogP contribution in [0.15, 0.2) is 59.5 Å². The molecule has 0 amide bonds. The first-order chi connectivity index (χ1) is 13.0. The lowest BCUT2D eigenvalue weighted by atomic mass is 10.1. The van der Waals surface area contributed by atoms with Crippen molar-refractivity contribution in [2.24, 2.45) is 0 Å². The van der Waals surface area contributed by atoms with Crippen molar-refractivity contribution in [1.29, 1.82) is 5.26 Å². The Morgan fingerprint density at radius 3 is 2.48 bits per heavy atom. The van der Waals surface area contributed by atoms with Crippen LogP contribution in [0.4, 0.5) is 0 Å². The van der Waals surface area contributed by atoms with Crippen molar-refractivity contribution in [1.82, 2.24) is 4.57 Å². The van der Waals surface area contributed by atoms with Gasteiger partial charge in [-0.15, -0.1) is 0 Å². The predicted molar refractivity (Wildman–Crippen MR) is 107 cm³/mol. The first-order valence-electron chi connectivity index (χ1n) is 8.64. The number of aromatic nitrogens is 1. The molecule has 0 saturated heterocycles. The molecular formula is C22H20N2O2S. The van der Waals surface area contributed by atoms with Gasteiger partial charge in [0.1, 0.15) is 12.5 Å². The highest BCUT2D eigenvalue weighted by atomic mass is 32.2. The molecule has 0 bridgehead atoms. The highest BCUT2D eigenvalue weighted by molar-refractivity contribution is 7.90. The molecular weight excluding hydrogens is 356 g/mol. The van der Waals surface area contributed by atoms with Crippen LogP contribution >= 0.6 is 0 Å². The second-order valence-corrected chi connectivity index (χ2v) is 7.72. The largest absolute Gasteiger partial charge is 0.612 e. The van der Waals surface area contributed by atoms with Crippen molar-refractivity contribution >= 4 is 17.5 Å². The number of hydrogen-bond donors (Lipinski definition) is 0. The van der Waals surface area contributed by atoms with E-state index in [1.165, 1.54) is 0 Å². The van der Waals surface area contributed by atoms with Crippen LogP contribution in [0.5, 0.6) is 0 Å². The zero-order chi connectivity index (χ0) is 19.4. The summed E-state index contributed by atoms with van der Waals surface area (Å²) in [5.74, 6) is 0. The molecule has 3 aromatic rings. The first-order valence-corrected chi connectivity index (χ1v) is 10.2. The number of nitriles is 1. The normalized spacial score (nSPS) is 11.8. The Balaban J connectivity index is 2.14. The molecule has 27 heavy (non-hydrogen) atoms. The summed E-state index contributed by atoms with van der Waals surface area (Å²) < 4.78 is 13.8. The second-order valence-electron chi connectivity index (χ2n) is 6.34. The lowest BCUT2D eigenvalue weighted by Gasteiger charge is -2.16. The zero-order valence-electron chi connectivity index (χ0n) is 15.3. The summed E-state index contributed by atoms with van der Waals surface area (Å²) in [6.45, 7) is 1.98. The van der Waals surface area contributed by atoms with E-state index in [-0.39, 0.29) is 0 Å². The summed E-state index contributed by atoms with van der Waals surface area (Å²) in [5.41, 5.74) is 5.63. The maximum atomic E-state index is 11.7. The third-order valence-electron chi connectivity index (χ3n) is 4.53. The van der Waals surface area contributed by atoms with Gasteiger partial charge in [-0.2, -0.15) is 5.26 Å². The topological polar surface area (TPSA) is 68.8 Å². The average Bonchev–Trinajstić information content (AvgIpc) is 3.09. The molecule has 1 atom stereocenters. The number of benzene rings is 2. The molecule has 0 saturated carbocycles. The Labute approximate surface area is 162 Å². The van der Waals surface area contributed by atoms with Gasteiger partial charge in [0.15, 0.2) is 4.90 Å². The number of carbonyl (C=O) groups excluding carboxylic acids is 1. The number of rotatable bonds is 6. The monoisotopic (exact) mass is 376 g/mol. The Bertz CT molecular complexity index is 998. The number of hydrogen-bond acceptors (Lipinski definition) is 3. The lowest BCUT2D eigenvalue weighted by Crippen LogP contribution is -2.05. The molecule has 1 aromatic heterocycles. The molecule has 136 valence electrons. The third kappa shape index (κ3) is 3.97. The van der Waals surface area contributed by atoms with Crippen LogP contribution in [0.25, 0.3) is 16.9 Å².